The minimum absolute atomic E-state index is 0.0922. The highest BCUT2D eigenvalue weighted by molar-refractivity contribution is 7.86. The van der Waals surface area contributed by atoms with Crippen LogP contribution in [0.2, 0.25) is 0 Å². The van der Waals surface area contributed by atoms with Crippen LogP contribution in [0.4, 0.5) is 0 Å². The first-order valence-corrected chi connectivity index (χ1v) is 10.9. The van der Waals surface area contributed by atoms with Gasteiger partial charge in [-0.05, 0) is 6.42 Å². The monoisotopic (exact) mass is 430 g/mol. The van der Waals surface area contributed by atoms with Crippen molar-refractivity contribution in [2.45, 2.75) is 19.4 Å². The Kier molecular flexibility index (Phi) is 7.16. The molecular formula is C16H26N6O6S. The lowest BCUT2D eigenvalue weighted by Gasteiger charge is -2.39. The van der Waals surface area contributed by atoms with Gasteiger partial charge in [0.1, 0.15) is 12.2 Å². The predicted octanol–water partition coefficient (Wildman–Crippen LogP) is -1.74. The molecule has 0 spiro atoms. The number of carbonyl (C=O) groups is 2. The Morgan fingerprint density at radius 1 is 1.14 bits per heavy atom. The van der Waals surface area contributed by atoms with Gasteiger partial charge in [-0.1, -0.05) is 0 Å². The van der Waals surface area contributed by atoms with Gasteiger partial charge in [0.05, 0.1) is 25.7 Å². The summed E-state index contributed by atoms with van der Waals surface area (Å²) in [6.07, 6.45) is 3.04. The van der Waals surface area contributed by atoms with Crippen LogP contribution in [0.15, 0.2) is 6.33 Å². The van der Waals surface area contributed by atoms with Gasteiger partial charge in [-0.25, -0.2) is 9.67 Å². The standard InChI is InChI=1S/C15H24N6O4S.CH2O2/c22-15(13-1-2-14-16-12-17-21(14)11-13)18-3-5-19(6-4-18)26(23,24)20-7-9-25-10-8-20;2-1-3/h12-13H,1-11H2;1H,(H,2,3). The zero-order valence-electron chi connectivity index (χ0n) is 16.1. The molecule has 1 unspecified atom stereocenters. The molecular weight excluding hydrogens is 404 g/mol. The molecule has 4 rings (SSSR count). The van der Waals surface area contributed by atoms with Crippen molar-refractivity contribution in [3.05, 3.63) is 12.2 Å². The van der Waals surface area contributed by atoms with Crippen LogP contribution in [0, 0.1) is 5.92 Å². The average molecular weight is 430 g/mol. The van der Waals surface area contributed by atoms with Gasteiger partial charge in [0.25, 0.3) is 16.7 Å². The smallest absolute Gasteiger partial charge is 0.290 e. The summed E-state index contributed by atoms with van der Waals surface area (Å²) in [6, 6.07) is 0. The van der Waals surface area contributed by atoms with Gasteiger partial charge in [-0.2, -0.15) is 22.1 Å². The second-order valence-corrected chi connectivity index (χ2v) is 8.87. The summed E-state index contributed by atoms with van der Waals surface area (Å²) in [4.78, 5) is 27.1. The van der Waals surface area contributed by atoms with E-state index in [1.165, 1.54) is 14.9 Å². The van der Waals surface area contributed by atoms with Gasteiger partial charge in [0.2, 0.25) is 5.91 Å². The number of aryl methyl sites for hydroxylation is 1. The third kappa shape index (κ3) is 4.91. The third-order valence-corrected chi connectivity index (χ3v) is 7.36. The van der Waals surface area contributed by atoms with E-state index < -0.39 is 10.2 Å². The first kappa shape index (κ1) is 21.6. The molecule has 1 N–H and O–H groups in total. The minimum Gasteiger partial charge on any atom is -0.483 e. The maximum atomic E-state index is 12.8. The van der Waals surface area contributed by atoms with E-state index >= 15 is 0 Å². The lowest BCUT2D eigenvalue weighted by molar-refractivity contribution is -0.138. The number of aromatic nitrogens is 3. The number of nitrogens with zero attached hydrogens (tertiary/aromatic N) is 6. The van der Waals surface area contributed by atoms with Crippen molar-refractivity contribution in [2.75, 3.05) is 52.5 Å². The quantitative estimate of drug-likeness (QED) is 0.558. The summed E-state index contributed by atoms with van der Waals surface area (Å²) in [5.74, 6) is 0.914. The Hall–Kier alpha value is -2.09. The van der Waals surface area contributed by atoms with Crippen LogP contribution in [-0.4, -0.2) is 107 Å². The van der Waals surface area contributed by atoms with Crippen molar-refractivity contribution >= 4 is 22.6 Å². The predicted molar refractivity (Wildman–Crippen MR) is 100.0 cm³/mol. The fraction of sp³-hybridized carbons (Fsp3) is 0.750. The molecule has 13 heteroatoms. The number of morpholine rings is 1. The Morgan fingerprint density at radius 3 is 2.41 bits per heavy atom. The highest BCUT2D eigenvalue weighted by Crippen LogP contribution is 2.21. The van der Waals surface area contributed by atoms with Crippen LogP contribution >= 0.6 is 0 Å². The van der Waals surface area contributed by atoms with E-state index in [0.717, 1.165) is 18.7 Å². The van der Waals surface area contributed by atoms with Gasteiger partial charge in [0.15, 0.2) is 0 Å². The molecule has 0 saturated carbocycles. The highest BCUT2D eigenvalue weighted by atomic mass is 32.2. The normalized spacial score (nSPS) is 23.6. The molecule has 1 aromatic rings. The number of fused-ring (bicyclic) bond motifs is 1. The van der Waals surface area contributed by atoms with Gasteiger partial charge >= 0.3 is 0 Å². The van der Waals surface area contributed by atoms with Gasteiger partial charge in [-0.3, -0.25) is 9.59 Å². The second kappa shape index (κ2) is 9.61. The van der Waals surface area contributed by atoms with Crippen molar-refractivity contribution in [1.29, 1.82) is 0 Å². The summed E-state index contributed by atoms with van der Waals surface area (Å²) in [7, 11) is -3.47. The first-order valence-electron chi connectivity index (χ1n) is 9.53. The number of rotatable bonds is 3. The van der Waals surface area contributed by atoms with Crippen LogP contribution in [0.5, 0.6) is 0 Å². The van der Waals surface area contributed by atoms with Crippen molar-refractivity contribution in [1.82, 2.24) is 28.3 Å². The molecule has 0 aliphatic carbocycles. The first-order chi connectivity index (χ1) is 14.0. The number of piperazine rings is 1. The topological polar surface area (TPSA) is 138 Å². The van der Waals surface area contributed by atoms with E-state index in [9.17, 15) is 13.2 Å². The number of amides is 1. The molecule has 0 bridgehead atoms. The Morgan fingerprint density at radius 2 is 1.76 bits per heavy atom. The number of hydrogen-bond donors (Lipinski definition) is 1. The molecule has 3 aliphatic heterocycles. The molecule has 1 atom stereocenters. The number of carboxylic acid groups (broad SMARTS) is 1. The van der Waals surface area contributed by atoms with Crippen LogP contribution in [-0.2, 0) is 37.5 Å². The molecule has 4 heterocycles. The molecule has 2 saturated heterocycles. The second-order valence-electron chi connectivity index (χ2n) is 6.94. The van der Waals surface area contributed by atoms with E-state index in [0.29, 0.717) is 59.0 Å². The SMILES string of the molecule is O=C(C1CCc2ncnn2C1)N1CCN(S(=O)(=O)N2CCOCC2)CC1.O=CO. The number of hydrogen-bond acceptors (Lipinski definition) is 7. The largest absolute Gasteiger partial charge is 0.483 e. The fourth-order valence-electron chi connectivity index (χ4n) is 3.78. The van der Waals surface area contributed by atoms with Crippen molar-refractivity contribution in [3.8, 4) is 0 Å². The molecule has 1 amide bonds. The van der Waals surface area contributed by atoms with Crippen molar-refractivity contribution in [3.63, 3.8) is 0 Å². The summed E-state index contributed by atoms with van der Waals surface area (Å²) < 4.78 is 35.4. The van der Waals surface area contributed by atoms with E-state index in [1.807, 2.05) is 0 Å². The number of ether oxygens (including phenoxy) is 1. The van der Waals surface area contributed by atoms with E-state index in [4.69, 9.17) is 14.6 Å². The molecule has 12 nitrogen and oxygen atoms in total. The van der Waals surface area contributed by atoms with Crippen LogP contribution in [0.3, 0.4) is 0 Å². The lowest BCUT2D eigenvalue weighted by Crippen LogP contribution is -2.56. The summed E-state index contributed by atoms with van der Waals surface area (Å²) in [5.41, 5.74) is 0. The third-order valence-electron chi connectivity index (χ3n) is 5.33. The molecule has 3 aliphatic rings. The van der Waals surface area contributed by atoms with Gasteiger partial charge in [-0.15, -0.1) is 0 Å². The molecule has 1 aromatic heterocycles. The van der Waals surface area contributed by atoms with Crippen LogP contribution < -0.4 is 0 Å². The lowest BCUT2D eigenvalue weighted by atomic mass is 9.98. The van der Waals surface area contributed by atoms with Crippen molar-refractivity contribution in [2.24, 2.45) is 5.92 Å². The summed E-state index contributed by atoms with van der Waals surface area (Å²) in [5, 5.41) is 11.1. The summed E-state index contributed by atoms with van der Waals surface area (Å²) in [6.45, 7) is 3.51. The number of carbonyl (C=O) groups excluding carboxylic acids is 1. The maximum Gasteiger partial charge on any atom is 0.290 e. The average Bonchev–Trinajstić information content (AvgIpc) is 3.22. The van der Waals surface area contributed by atoms with Crippen molar-refractivity contribution < 1.29 is 27.9 Å². The van der Waals surface area contributed by atoms with Gasteiger partial charge in [0, 0.05) is 45.7 Å². The molecule has 29 heavy (non-hydrogen) atoms. The van der Waals surface area contributed by atoms with Crippen LogP contribution in [0.25, 0.3) is 0 Å². The Balaban J connectivity index is 0.000000755. The zero-order chi connectivity index (χ0) is 20.9. The zero-order valence-corrected chi connectivity index (χ0v) is 16.9. The maximum absolute atomic E-state index is 12.8. The Labute approximate surface area is 169 Å². The molecule has 0 aromatic carbocycles. The molecule has 0 radical (unpaired) electrons. The van der Waals surface area contributed by atoms with E-state index in [-0.39, 0.29) is 18.3 Å². The van der Waals surface area contributed by atoms with Crippen LogP contribution in [0.1, 0.15) is 12.2 Å². The molecule has 2 fully saturated rings. The van der Waals surface area contributed by atoms with Gasteiger partial charge < -0.3 is 14.7 Å². The van der Waals surface area contributed by atoms with E-state index in [2.05, 4.69) is 10.1 Å². The Bertz CT molecular complexity index is 801. The van der Waals surface area contributed by atoms with E-state index in [1.54, 1.807) is 9.58 Å². The minimum atomic E-state index is -3.47. The highest BCUT2D eigenvalue weighted by Gasteiger charge is 2.36. The fourth-order valence-corrected chi connectivity index (χ4v) is 5.34. The molecule has 162 valence electrons. The summed E-state index contributed by atoms with van der Waals surface area (Å²) >= 11 is 0.